The van der Waals surface area contributed by atoms with Crippen LogP contribution in [0.4, 0.5) is 0 Å². The third-order valence-electron chi connectivity index (χ3n) is 2.57. The van der Waals surface area contributed by atoms with Gasteiger partial charge in [0.15, 0.2) is 10.2 Å². The van der Waals surface area contributed by atoms with E-state index in [1.165, 1.54) is 17.5 Å². The lowest BCUT2D eigenvalue weighted by atomic mass is 10.0. The minimum atomic E-state index is 0.375. The molecule has 3 nitrogen and oxygen atoms in total. The largest absolute Gasteiger partial charge is 0.243 e. The van der Waals surface area contributed by atoms with E-state index < -0.39 is 0 Å². The fraction of sp³-hybridized carbons (Fsp3) is 0.214. The topological polar surface area (TPSA) is 38.1 Å². The van der Waals surface area contributed by atoms with Gasteiger partial charge in [-0.2, -0.15) is 0 Å². The molecule has 1 aromatic carbocycles. The molecule has 0 radical (unpaired) electrons. The van der Waals surface area contributed by atoms with E-state index in [-0.39, 0.29) is 0 Å². The van der Waals surface area contributed by atoms with E-state index in [1.807, 2.05) is 0 Å². The van der Waals surface area contributed by atoms with Crippen molar-refractivity contribution in [1.82, 2.24) is 9.97 Å². The van der Waals surface area contributed by atoms with E-state index >= 15 is 0 Å². The molecule has 0 bridgehead atoms. The van der Waals surface area contributed by atoms with Crippen LogP contribution in [0.25, 0.3) is 0 Å². The summed E-state index contributed by atoms with van der Waals surface area (Å²) >= 11 is 7.11. The van der Waals surface area contributed by atoms with E-state index in [9.17, 15) is 0 Å². The number of hydrogen-bond donors (Lipinski definition) is 0. The monoisotopic (exact) mass is 291 g/mol. The summed E-state index contributed by atoms with van der Waals surface area (Å²) in [6, 6.07) is 8.34. The van der Waals surface area contributed by atoms with Gasteiger partial charge in [-0.15, -0.1) is 0 Å². The Morgan fingerprint density at radius 2 is 1.84 bits per heavy atom. The quantitative estimate of drug-likeness (QED) is 0.620. The van der Waals surface area contributed by atoms with E-state index in [0.717, 1.165) is 5.56 Å². The van der Waals surface area contributed by atoms with Crippen LogP contribution in [0.1, 0.15) is 30.9 Å². The Balaban J connectivity index is 2.01. The zero-order valence-electron chi connectivity index (χ0n) is 10.7. The lowest BCUT2D eigenvalue weighted by Crippen LogP contribution is -1.88. The summed E-state index contributed by atoms with van der Waals surface area (Å²) in [4.78, 5) is 8.05. The number of nitrogens with zero attached hydrogens (tertiary/aromatic N) is 3. The molecule has 0 aliphatic heterocycles. The lowest BCUT2D eigenvalue weighted by molar-refractivity contribution is 0.866. The second-order valence-corrected chi connectivity index (χ2v) is 5.44. The van der Waals surface area contributed by atoms with Crippen LogP contribution in [0.15, 0.2) is 46.1 Å². The van der Waals surface area contributed by atoms with Gasteiger partial charge in [0.25, 0.3) is 0 Å². The fourth-order valence-electron chi connectivity index (χ4n) is 1.47. The minimum Gasteiger partial charge on any atom is -0.243 e. The number of hydrogen-bond acceptors (Lipinski definition) is 4. The fourth-order valence-corrected chi connectivity index (χ4v) is 2.19. The average molecular weight is 292 g/mol. The third kappa shape index (κ3) is 4.04. The highest BCUT2D eigenvalue weighted by molar-refractivity contribution is 7.98. The van der Waals surface area contributed by atoms with E-state index in [4.69, 9.17) is 11.6 Å². The van der Waals surface area contributed by atoms with Gasteiger partial charge in [-0.3, -0.25) is 0 Å². The zero-order chi connectivity index (χ0) is 13.7. The van der Waals surface area contributed by atoms with Gasteiger partial charge in [0, 0.05) is 30.6 Å². The van der Waals surface area contributed by atoms with Crippen molar-refractivity contribution in [1.29, 1.82) is 0 Å². The average Bonchev–Trinajstić information content (AvgIpc) is 2.41. The van der Waals surface area contributed by atoms with E-state index in [2.05, 4.69) is 52.5 Å². The molecule has 0 saturated heterocycles. The Morgan fingerprint density at radius 3 is 2.47 bits per heavy atom. The molecular weight excluding hydrogens is 278 g/mol. The number of halogens is 1. The molecule has 2 rings (SSSR count). The lowest BCUT2D eigenvalue weighted by Gasteiger charge is -2.04. The van der Waals surface area contributed by atoms with Crippen molar-refractivity contribution >= 4 is 29.8 Å². The highest BCUT2D eigenvalue weighted by Gasteiger charge is 2.01. The van der Waals surface area contributed by atoms with Gasteiger partial charge in [-0.25, -0.2) is 14.4 Å². The molecule has 5 heteroatoms. The maximum atomic E-state index is 5.89. The Bertz CT molecular complexity index is 567. The summed E-state index contributed by atoms with van der Waals surface area (Å²) in [5, 5.41) is 0.985. The number of rotatable bonds is 4. The smallest absolute Gasteiger partial charge is 0.163 e. The van der Waals surface area contributed by atoms with Crippen molar-refractivity contribution < 1.29 is 0 Å². The molecule has 1 heterocycles. The van der Waals surface area contributed by atoms with Crippen LogP contribution in [0.5, 0.6) is 0 Å². The highest BCUT2D eigenvalue weighted by atomic mass is 35.5. The maximum Gasteiger partial charge on any atom is 0.163 e. The van der Waals surface area contributed by atoms with Crippen LogP contribution in [0, 0.1) is 0 Å². The van der Waals surface area contributed by atoms with Gasteiger partial charge < -0.3 is 0 Å². The first-order valence-corrected chi connectivity index (χ1v) is 7.09. The predicted octanol–water partition coefficient (Wildman–Crippen LogP) is 4.38. The summed E-state index contributed by atoms with van der Waals surface area (Å²) in [7, 11) is 0. The van der Waals surface area contributed by atoms with Crippen molar-refractivity contribution in [2.24, 2.45) is 4.40 Å². The number of aromatic nitrogens is 2. The van der Waals surface area contributed by atoms with Gasteiger partial charge in [0.05, 0.1) is 0 Å². The summed E-state index contributed by atoms with van der Waals surface area (Å²) < 4.78 is 4.25. The molecule has 0 atom stereocenters. The van der Waals surface area contributed by atoms with Crippen molar-refractivity contribution in [2.75, 3.05) is 0 Å². The van der Waals surface area contributed by atoms with Gasteiger partial charge >= 0.3 is 0 Å². The molecule has 0 amide bonds. The summed E-state index contributed by atoms with van der Waals surface area (Å²) in [5.74, 6) is 0.541. The molecule has 0 N–H and O–H groups in total. The molecule has 0 aliphatic rings. The second kappa shape index (κ2) is 6.68. The second-order valence-electron chi connectivity index (χ2n) is 4.30. The van der Waals surface area contributed by atoms with Crippen molar-refractivity contribution in [3.8, 4) is 0 Å². The Kier molecular flexibility index (Phi) is 4.93. The summed E-state index contributed by atoms with van der Waals surface area (Å²) in [5.41, 5.74) is 2.37. The predicted molar refractivity (Wildman–Crippen MR) is 81.0 cm³/mol. The van der Waals surface area contributed by atoms with E-state index in [0.29, 0.717) is 16.1 Å². The van der Waals surface area contributed by atoms with Crippen LogP contribution in [-0.2, 0) is 0 Å². The molecular formula is C14H14ClN3S. The molecule has 0 unspecified atom stereocenters. The Labute approximate surface area is 122 Å². The third-order valence-corrected chi connectivity index (χ3v) is 3.64. The summed E-state index contributed by atoms with van der Waals surface area (Å²) in [6.07, 6.45) is 4.95. The summed E-state index contributed by atoms with van der Waals surface area (Å²) in [6.45, 7) is 4.35. The molecule has 19 heavy (non-hydrogen) atoms. The first-order valence-electron chi connectivity index (χ1n) is 5.93. The van der Waals surface area contributed by atoms with Crippen molar-refractivity contribution in [3.63, 3.8) is 0 Å². The minimum absolute atomic E-state index is 0.375. The SMILES string of the molecule is CC(C)c1ccc(/C=N/Sc2nccnc2Cl)cc1. The molecule has 2 aromatic rings. The molecule has 0 saturated carbocycles. The van der Waals surface area contributed by atoms with Crippen LogP contribution in [-0.4, -0.2) is 16.2 Å². The van der Waals surface area contributed by atoms with Crippen molar-refractivity contribution in [3.05, 3.63) is 52.9 Å². The standard InChI is InChI=1S/C14H14ClN3S/c1-10(2)12-5-3-11(4-6-12)9-18-19-14-13(15)16-7-8-17-14/h3-10H,1-2H3/b18-9+. The van der Waals surface area contributed by atoms with Crippen LogP contribution in [0.2, 0.25) is 5.15 Å². The van der Waals surface area contributed by atoms with Gasteiger partial charge in [-0.05, 0) is 17.0 Å². The molecule has 0 aliphatic carbocycles. The van der Waals surface area contributed by atoms with Crippen molar-refractivity contribution in [2.45, 2.75) is 24.8 Å². The molecule has 98 valence electrons. The van der Waals surface area contributed by atoms with Gasteiger partial charge in [-0.1, -0.05) is 49.7 Å². The van der Waals surface area contributed by atoms with Crippen LogP contribution in [0.3, 0.4) is 0 Å². The van der Waals surface area contributed by atoms with Crippen LogP contribution < -0.4 is 0 Å². The molecule has 1 aromatic heterocycles. The number of benzene rings is 1. The molecule has 0 spiro atoms. The van der Waals surface area contributed by atoms with Gasteiger partial charge in [0.1, 0.15) is 0 Å². The first-order chi connectivity index (χ1) is 9.16. The highest BCUT2D eigenvalue weighted by Crippen LogP contribution is 2.22. The normalized spacial score (nSPS) is 11.4. The zero-order valence-corrected chi connectivity index (χ0v) is 12.3. The molecule has 0 fully saturated rings. The Morgan fingerprint density at radius 1 is 1.16 bits per heavy atom. The van der Waals surface area contributed by atoms with Gasteiger partial charge in [0.2, 0.25) is 0 Å². The maximum absolute atomic E-state index is 5.89. The van der Waals surface area contributed by atoms with Crippen LogP contribution >= 0.6 is 23.5 Å². The first kappa shape index (κ1) is 14.0. The Hall–Kier alpha value is -1.39. The van der Waals surface area contributed by atoms with E-state index in [1.54, 1.807) is 18.6 Å².